The molecule has 3 aliphatic heterocycles. The molecule has 244 valence electrons. The van der Waals surface area contributed by atoms with Crippen LogP contribution in [0.3, 0.4) is 0 Å². The third kappa shape index (κ3) is 6.86. The van der Waals surface area contributed by atoms with Crippen LogP contribution in [0.1, 0.15) is 45.4 Å². The van der Waals surface area contributed by atoms with Gasteiger partial charge in [-0.05, 0) is 44.4 Å². The van der Waals surface area contributed by atoms with Gasteiger partial charge in [-0.2, -0.15) is 0 Å². The fourth-order valence-electron chi connectivity index (χ4n) is 6.75. The van der Waals surface area contributed by atoms with Crippen molar-refractivity contribution >= 4 is 27.3 Å². The molecule has 1 saturated heterocycles. The van der Waals surface area contributed by atoms with Gasteiger partial charge in [-0.1, -0.05) is 26.2 Å². The molecule has 1 aliphatic carbocycles. The molecule has 1 aromatic carbocycles. The number of rotatable bonds is 9. The number of carbonyl (C=O) groups is 2. The van der Waals surface area contributed by atoms with Gasteiger partial charge >= 0.3 is 0 Å². The Labute approximate surface area is 261 Å². The van der Waals surface area contributed by atoms with Gasteiger partial charge in [-0.25, -0.2) is 8.42 Å². The molecule has 14 heteroatoms. The van der Waals surface area contributed by atoms with Crippen LogP contribution in [0.2, 0.25) is 0 Å². The number of piperazine rings is 1. The average molecular weight is 633 g/mol. The molecular formula is C30H48N8O5S. The summed E-state index contributed by atoms with van der Waals surface area (Å²) < 4.78 is 32.0. The molecule has 5 N–H and O–H groups in total. The molecule has 4 aliphatic rings. The number of methoxy groups -OCH3 is 1. The van der Waals surface area contributed by atoms with E-state index in [0.29, 0.717) is 49.3 Å². The lowest BCUT2D eigenvalue weighted by Crippen LogP contribution is -2.76. The van der Waals surface area contributed by atoms with Gasteiger partial charge in [0, 0.05) is 58.4 Å². The zero-order chi connectivity index (χ0) is 31.6. The number of likely N-dealkylation sites (N-methyl/N-ethyl adjacent to an activating group) is 2. The Balaban J connectivity index is 1.35. The van der Waals surface area contributed by atoms with Crippen molar-refractivity contribution in [3.05, 3.63) is 29.7 Å². The highest BCUT2D eigenvalue weighted by Crippen LogP contribution is 2.34. The number of carbonyl (C=O) groups excluding carboxylic acids is 2. The van der Waals surface area contributed by atoms with Crippen LogP contribution in [0.25, 0.3) is 0 Å². The summed E-state index contributed by atoms with van der Waals surface area (Å²) in [7, 11) is 1.39. The first-order valence-electron chi connectivity index (χ1n) is 15.7. The van der Waals surface area contributed by atoms with Gasteiger partial charge in [0.25, 0.3) is 5.91 Å². The van der Waals surface area contributed by atoms with E-state index in [1.165, 1.54) is 51.3 Å². The summed E-state index contributed by atoms with van der Waals surface area (Å²) in [4.78, 5) is 34.3. The maximum atomic E-state index is 13.5. The number of hydrogen-bond acceptors (Lipinski definition) is 11. The van der Waals surface area contributed by atoms with Crippen LogP contribution in [0.4, 0.5) is 5.69 Å². The molecule has 2 amide bonds. The van der Waals surface area contributed by atoms with Crippen molar-refractivity contribution in [2.24, 2.45) is 11.7 Å². The predicted molar refractivity (Wildman–Crippen MR) is 168 cm³/mol. The van der Waals surface area contributed by atoms with Crippen LogP contribution >= 0.6 is 0 Å². The van der Waals surface area contributed by atoms with Gasteiger partial charge < -0.3 is 35.0 Å². The molecule has 1 aromatic rings. The lowest BCUT2D eigenvalue weighted by molar-refractivity contribution is -0.130. The molecule has 2 fully saturated rings. The standard InChI is InChI=1S/C30H48N8O5S/c1-5-22-19-36(3)27-28(38(22)18-21-9-7-6-8-10-21)33-30(31,34-29(27)40)32-24-12-11-23(17-25(24)43-4)44(41,42)20-26(39)37-15-13-35(2)14-16-37/h11-12,17,21-22,32-33H,5-10,13-16,18-20,31H2,1-4H3,(H,34,40)/t22?,30-/m1/s1. The maximum absolute atomic E-state index is 13.5. The fraction of sp³-hybridized carbons (Fsp3) is 0.667. The number of hydrogen-bond donors (Lipinski definition) is 4. The van der Waals surface area contributed by atoms with Gasteiger partial charge in [0.1, 0.15) is 23.0 Å². The van der Waals surface area contributed by atoms with Crippen molar-refractivity contribution in [3.8, 4) is 5.75 Å². The Bertz CT molecular complexity index is 1370. The number of nitrogens with one attached hydrogen (secondary N) is 3. The van der Waals surface area contributed by atoms with Crippen LogP contribution in [-0.4, -0.2) is 118 Å². The minimum atomic E-state index is -3.93. The zero-order valence-electron chi connectivity index (χ0n) is 26.4. The summed E-state index contributed by atoms with van der Waals surface area (Å²) in [5.41, 5.74) is 7.69. The Morgan fingerprint density at radius 3 is 2.48 bits per heavy atom. The highest BCUT2D eigenvalue weighted by atomic mass is 32.2. The smallest absolute Gasteiger partial charge is 0.275 e. The summed E-state index contributed by atoms with van der Waals surface area (Å²) in [6.07, 6.45) is 7.01. The van der Waals surface area contributed by atoms with Crippen LogP contribution in [-0.2, 0) is 19.4 Å². The van der Waals surface area contributed by atoms with Crippen molar-refractivity contribution in [3.63, 3.8) is 0 Å². The Morgan fingerprint density at radius 2 is 1.82 bits per heavy atom. The largest absolute Gasteiger partial charge is 0.495 e. The summed E-state index contributed by atoms with van der Waals surface area (Å²) in [6, 6.07) is 4.56. The lowest BCUT2D eigenvalue weighted by atomic mass is 9.88. The van der Waals surface area contributed by atoms with Crippen molar-refractivity contribution in [1.29, 1.82) is 0 Å². The number of amides is 2. The fourth-order valence-corrected chi connectivity index (χ4v) is 7.98. The van der Waals surface area contributed by atoms with E-state index < -0.39 is 27.4 Å². The van der Waals surface area contributed by atoms with Gasteiger partial charge in [0.2, 0.25) is 11.8 Å². The van der Waals surface area contributed by atoms with Crippen molar-refractivity contribution in [2.75, 3.05) is 71.5 Å². The highest BCUT2D eigenvalue weighted by molar-refractivity contribution is 7.92. The normalized spacial score (nSPS) is 25.3. The molecular weight excluding hydrogens is 584 g/mol. The zero-order valence-corrected chi connectivity index (χ0v) is 27.2. The second-order valence-electron chi connectivity index (χ2n) is 12.6. The van der Waals surface area contributed by atoms with Crippen LogP contribution < -0.4 is 26.4 Å². The number of nitrogens with two attached hydrogens (primary N) is 1. The van der Waals surface area contributed by atoms with Crippen molar-refractivity contribution in [1.82, 2.24) is 30.2 Å². The van der Waals surface area contributed by atoms with Gasteiger partial charge in [-0.3, -0.25) is 20.6 Å². The summed E-state index contributed by atoms with van der Waals surface area (Å²) in [5.74, 6) is -1.47. The van der Waals surface area contributed by atoms with E-state index >= 15 is 0 Å². The third-order valence-electron chi connectivity index (χ3n) is 9.34. The van der Waals surface area contributed by atoms with E-state index in [2.05, 4.69) is 32.7 Å². The SMILES string of the molecule is CCC1CN(C)C2=C(N[C@@](N)(Nc3ccc(S(=O)(=O)CC(=O)N4CCN(C)CC4)cc3OC)NC2=O)N1CC1CCCCC1. The molecule has 2 atom stereocenters. The van der Waals surface area contributed by atoms with Gasteiger partial charge in [-0.15, -0.1) is 0 Å². The molecule has 0 bridgehead atoms. The first-order valence-corrected chi connectivity index (χ1v) is 17.3. The minimum absolute atomic E-state index is 0.0302. The monoisotopic (exact) mass is 632 g/mol. The Hall–Kier alpha value is -3.23. The van der Waals surface area contributed by atoms with E-state index in [1.54, 1.807) is 11.0 Å². The summed E-state index contributed by atoms with van der Waals surface area (Å²) in [6.45, 7) is 6.16. The number of benzene rings is 1. The van der Waals surface area contributed by atoms with E-state index in [-0.39, 0.29) is 22.6 Å². The van der Waals surface area contributed by atoms with Gasteiger partial charge in [0.15, 0.2) is 9.84 Å². The predicted octanol–water partition coefficient (Wildman–Crippen LogP) is 0.720. The minimum Gasteiger partial charge on any atom is -0.495 e. The van der Waals surface area contributed by atoms with Crippen LogP contribution in [0.5, 0.6) is 5.75 Å². The molecule has 13 nitrogen and oxygen atoms in total. The van der Waals surface area contributed by atoms with E-state index in [0.717, 1.165) is 19.5 Å². The maximum Gasteiger partial charge on any atom is 0.275 e. The highest BCUT2D eigenvalue weighted by Gasteiger charge is 2.44. The summed E-state index contributed by atoms with van der Waals surface area (Å²) >= 11 is 0. The second-order valence-corrected chi connectivity index (χ2v) is 14.6. The Kier molecular flexibility index (Phi) is 9.52. The van der Waals surface area contributed by atoms with Crippen molar-refractivity contribution < 1.29 is 22.7 Å². The number of nitrogens with zero attached hydrogens (tertiary/aromatic N) is 4. The number of sulfone groups is 1. The quantitative estimate of drug-likeness (QED) is 0.285. The van der Waals surface area contributed by atoms with Crippen molar-refractivity contribution in [2.45, 2.75) is 62.3 Å². The molecule has 3 heterocycles. The van der Waals surface area contributed by atoms with Crippen LogP contribution in [0.15, 0.2) is 34.6 Å². The third-order valence-corrected chi connectivity index (χ3v) is 10.9. The summed E-state index contributed by atoms with van der Waals surface area (Å²) in [5, 5.41) is 9.37. The first kappa shape index (κ1) is 32.2. The first-order chi connectivity index (χ1) is 20.9. The Morgan fingerprint density at radius 1 is 1.11 bits per heavy atom. The van der Waals surface area contributed by atoms with Gasteiger partial charge in [0.05, 0.1) is 17.7 Å². The van der Waals surface area contributed by atoms with E-state index in [4.69, 9.17) is 10.5 Å². The van der Waals surface area contributed by atoms with E-state index in [1.807, 2.05) is 19.0 Å². The molecule has 5 rings (SSSR count). The second kappa shape index (κ2) is 13.0. The lowest BCUT2D eigenvalue weighted by Gasteiger charge is -2.51. The molecule has 0 aromatic heterocycles. The molecule has 44 heavy (non-hydrogen) atoms. The molecule has 0 radical (unpaired) electrons. The average Bonchev–Trinajstić information content (AvgIpc) is 2.98. The number of ether oxygens (including phenoxy) is 1. The number of anilines is 1. The topological polar surface area (TPSA) is 153 Å². The molecule has 1 saturated carbocycles. The van der Waals surface area contributed by atoms with Crippen LogP contribution in [0, 0.1) is 5.92 Å². The van der Waals surface area contributed by atoms with E-state index in [9.17, 15) is 18.0 Å². The molecule has 1 unspecified atom stereocenters. The molecule has 0 spiro atoms.